The molecule has 4 heteroatoms. The molecule has 2 fully saturated rings. The third kappa shape index (κ3) is 3.16. The van der Waals surface area contributed by atoms with Gasteiger partial charge in [0.1, 0.15) is 5.84 Å². The highest BCUT2D eigenvalue weighted by molar-refractivity contribution is 5.82. The van der Waals surface area contributed by atoms with E-state index in [9.17, 15) is 0 Å². The first kappa shape index (κ1) is 13.7. The molecule has 1 saturated heterocycles. The fourth-order valence-electron chi connectivity index (χ4n) is 3.58. The fraction of sp³-hybridized carbons (Fsp3) is 0.929. The van der Waals surface area contributed by atoms with Crippen LogP contribution < -0.4 is 5.73 Å². The number of likely N-dealkylation sites (tertiary alicyclic amines) is 1. The first-order valence-electron chi connectivity index (χ1n) is 7.46. The van der Waals surface area contributed by atoms with Gasteiger partial charge < -0.3 is 10.9 Å². The molecule has 4 nitrogen and oxygen atoms in total. The van der Waals surface area contributed by atoms with E-state index >= 15 is 0 Å². The number of piperidine rings is 1. The molecule has 0 spiro atoms. The van der Waals surface area contributed by atoms with Gasteiger partial charge in [0.2, 0.25) is 0 Å². The van der Waals surface area contributed by atoms with E-state index in [4.69, 9.17) is 10.9 Å². The number of nitrogens with zero attached hydrogens (tertiary/aromatic N) is 2. The van der Waals surface area contributed by atoms with Crippen LogP contribution in [0.15, 0.2) is 5.16 Å². The van der Waals surface area contributed by atoms with Gasteiger partial charge in [-0.1, -0.05) is 18.5 Å². The first-order chi connectivity index (χ1) is 8.74. The lowest BCUT2D eigenvalue weighted by atomic mass is 9.83. The zero-order valence-corrected chi connectivity index (χ0v) is 11.5. The quantitative estimate of drug-likeness (QED) is 0.351. The van der Waals surface area contributed by atoms with Crippen molar-refractivity contribution < 1.29 is 5.21 Å². The number of rotatable bonds is 3. The molecule has 1 saturated carbocycles. The van der Waals surface area contributed by atoms with E-state index in [2.05, 4.69) is 17.0 Å². The highest BCUT2D eigenvalue weighted by Crippen LogP contribution is 2.31. The number of hydrogen-bond donors (Lipinski definition) is 2. The molecule has 1 heterocycles. The molecule has 0 amide bonds. The highest BCUT2D eigenvalue weighted by Gasteiger charge is 2.30. The van der Waals surface area contributed by atoms with Gasteiger partial charge in [0.05, 0.1) is 0 Å². The molecule has 1 aliphatic carbocycles. The first-order valence-corrected chi connectivity index (χ1v) is 7.46. The minimum atomic E-state index is 0.257. The molecule has 2 rings (SSSR count). The summed E-state index contributed by atoms with van der Waals surface area (Å²) in [5.41, 5.74) is 5.76. The van der Waals surface area contributed by atoms with Crippen LogP contribution in [-0.2, 0) is 0 Å². The van der Waals surface area contributed by atoms with Crippen LogP contribution >= 0.6 is 0 Å². The van der Waals surface area contributed by atoms with E-state index in [0.29, 0.717) is 5.84 Å². The van der Waals surface area contributed by atoms with Crippen molar-refractivity contribution >= 4 is 5.84 Å². The summed E-state index contributed by atoms with van der Waals surface area (Å²) in [6, 6.07) is 0.738. The average molecular weight is 253 g/mol. The van der Waals surface area contributed by atoms with Gasteiger partial charge in [-0.2, -0.15) is 0 Å². The van der Waals surface area contributed by atoms with E-state index in [-0.39, 0.29) is 5.92 Å². The zero-order valence-electron chi connectivity index (χ0n) is 11.5. The number of hydrogen-bond acceptors (Lipinski definition) is 3. The minimum absolute atomic E-state index is 0.257. The molecule has 18 heavy (non-hydrogen) atoms. The summed E-state index contributed by atoms with van der Waals surface area (Å²) in [5.74, 6) is 1.63. The molecule has 0 aromatic rings. The number of amidine groups is 1. The van der Waals surface area contributed by atoms with Crippen molar-refractivity contribution in [2.24, 2.45) is 22.7 Å². The Morgan fingerprint density at radius 2 is 2.00 bits per heavy atom. The van der Waals surface area contributed by atoms with Gasteiger partial charge in [-0.3, -0.25) is 4.90 Å². The molecule has 1 aliphatic heterocycles. The standard InChI is InChI=1S/C14H27N3O/c1-2-11-5-7-13(8-6-11)17-9-3-4-12(10-17)14(15)16-18/h11-13,18H,2-10H2,1H3,(H2,15,16). The predicted octanol–water partition coefficient (Wildman–Crippen LogP) is 2.41. The molecule has 0 bridgehead atoms. The second-order valence-corrected chi connectivity index (χ2v) is 5.94. The van der Waals surface area contributed by atoms with Crippen molar-refractivity contribution in [3.63, 3.8) is 0 Å². The normalized spacial score (nSPS) is 35.6. The van der Waals surface area contributed by atoms with Crippen LogP contribution in [0.5, 0.6) is 0 Å². The molecule has 0 aromatic carbocycles. The summed E-state index contributed by atoms with van der Waals surface area (Å²) in [6.07, 6.45) is 9.01. The Balaban J connectivity index is 1.86. The van der Waals surface area contributed by atoms with Crippen molar-refractivity contribution in [3.8, 4) is 0 Å². The summed E-state index contributed by atoms with van der Waals surface area (Å²) >= 11 is 0. The SMILES string of the molecule is CCC1CCC(N2CCCC(C(N)=NO)C2)CC1. The van der Waals surface area contributed by atoms with Gasteiger partial charge in [-0.05, 0) is 51.0 Å². The third-order valence-electron chi connectivity index (χ3n) is 4.90. The molecule has 1 unspecified atom stereocenters. The Labute approximate surface area is 110 Å². The molecule has 3 N–H and O–H groups in total. The Kier molecular flexibility index (Phi) is 4.87. The van der Waals surface area contributed by atoms with Gasteiger partial charge in [0.25, 0.3) is 0 Å². The third-order valence-corrected chi connectivity index (χ3v) is 4.90. The zero-order chi connectivity index (χ0) is 13.0. The Hall–Kier alpha value is -0.770. The average Bonchev–Trinajstić information content (AvgIpc) is 2.46. The monoisotopic (exact) mass is 253 g/mol. The molecule has 0 radical (unpaired) electrons. The lowest BCUT2D eigenvalue weighted by Gasteiger charge is -2.41. The highest BCUT2D eigenvalue weighted by atomic mass is 16.4. The summed E-state index contributed by atoms with van der Waals surface area (Å²) in [7, 11) is 0. The van der Waals surface area contributed by atoms with E-state index < -0.39 is 0 Å². The minimum Gasteiger partial charge on any atom is -0.409 e. The largest absolute Gasteiger partial charge is 0.409 e. The van der Waals surface area contributed by atoms with Crippen molar-refractivity contribution in [2.75, 3.05) is 13.1 Å². The van der Waals surface area contributed by atoms with E-state index in [0.717, 1.165) is 24.9 Å². The van der Waals surface area contributed by atoms with Gasteiger partial charge in [0.15, 0.2) is 0 Å². The summed E-state index contributed by atoms with van der Waals surface area (Å²) in [5, 5.41) is 12.0. The van der Waals surface area contributed by atoms with Crippen LogP contribution in [0.2, 0.25) is 0 Å². The van der Waals surface area contributed by atoms with Crippen LogP contribution in [0, 0.1) is 11.8 Å². The van der Waals surface area contributed by atoms with Gasteiger partial charge in [0, 0.05) is 18.5 Å². The second-order valence-electron chi connectivity index (χ2n) is 5.94. The van der Waals surface area contributed by atoms with Crippen LogP contribution in [0.4, 0.5) is 0 Å². The lowest BCUT2D eigenvalue weighted by molar-refractivity contribution is 0.100. The Morgan fingerprint density at radius 3 is 2.61 bits per heavy atom. The predicted molar refractivity (Wildman–Crippen MR) is 73.7 cm³/mol. The van der Waals surface area contributed by atoms with Crippen molar-refractivity contribution in [2.45, 2.75) is 57.9 Å². The maximum atomic E-state index is 8.79. The second kappa shape index (κ2) is 6.41. The van der Waals surface area contributed by atoms with Crippen LogP contribution in [-0.4, -0.2) is 35.1 Å². The maximum Gasteiger partial charge on any atom is 0.143 e. The van der Waals surface area contributed by atoms with Crippen LogP contribution in [0.3, 0.4) is 0 Å². The molecule has 1 atom stereocenters. The Bertz CT molecular complexity index is 285. The maximum absolute atomic E-state index is 8.79. The summed E-state index contributed by atoms with van der Waals surface area (Å²) < 4.78 is 0. The smallest absolute Gasteiger partial charge is 0.143 e. The lowest BCUT2D eigenvalue weighted by Crippen LogP contribution is -2.47. The summed E-state index contributed by atoms with van der Waals surface area (Å²) in [6.45, 7) is 4.48. The summed E-state index contributed by atoms with van der Waals surface area (Å²) in [4.78, 5) is 2.58. The van der Waals surface area contributed by atoms with Gasteiger partial charge >= 0.3 is 0 Å². The molecule has 0 aromatic heterocycles. The molecule has 2 aliphatic rings. The molecular weight excluding hydrogens is 226 g/mol. The number of nitrogens with two attached hydrogens (primary N) is 1. The van der Waals surface area contributed by atoms with Gasteiger partial charge in [-0.25, -0.2) is 0 Å². The van der Waals surface area contributed by atoms with E-state index in [1.165, 1.54) is 45.1 Å². The fourth-order valence-corrected chi connectivity index (χ4v) is 3.58. The Morgan fingerprint density at radius 1 is 1.28 bits per heavy atom. The van der Waals surface area contributed by atoms with E-state index in [1.807, 2.05) is 0 Å². The molecule has 104 valence electrons. The van der Waals surface area contributed by atoms with Crippen molar-refractivity contribution in [3.05, 3.63) is 0 Å². The van der Waals surface area contributed by atoms with Crippen LogP contribution in [0.25, 0.3) is 0 Å². The number of oxime groups is 1. The topological polar surface area (TPSA) is 61.8 Å². The van der Waals surface area contributed by atoms with E-state index in [1.54, 1.807) is 0 Å². The van der Waals surface area contributed by atoms with Gasteiger partial charge in [-0.15, -0.1) is 0 Å². The molecular formula is C14H27N3O. The van der Waals surface area contributed by atoms with Crippen molar-refractivity contribution in [1.82, 2.24) is 4.90 Å². The van der Waals surface area contributed by atoms with Crippen molar-refractivity contribution in [1.29, 1.82) is 0 Å². The van der Waals surface area contributed by atoms with Crippen LogP contribution in [0.1, 0.15) is 51.9 Å².